The first-order valence-electron chi connectivity index (χ1n) is 7.77. The average molecular weight is 320 g/mol. The highest BCUT2D eigenvalue weighted by molar-refractivity contribution is 5.67. The first-order chi connectivity index (χ1) is 11.6. The van der Waals surface area contributed by atoms with E-state index in [1.54, 1.807) is 0 Å². The Morgan fingerprint density at radius 3 is 2.54 bits per heavy atom. The predicted octanol–water partition coefficient (Wildman–Crippen LogP) is 4.08. The Bertz CT molecular complexity index is 834. The fraction of sp³-hybridized carbons (Fsp3) is 0.158. The summed E-state index contributed by atoms with van der Waals surface area (Å²) >= 11 is 0. The van der Waals surface area contributed by atoms with Crippen molar-refractivity contribution in [2.24, 2.45) is 0 Å². The zero-order chi connectivity index (χ0) is 16.9. The van der Waals surface area contributed by atoms with E-state index >= 15 is 0 Å². The molecule has 0 aliphatic carbocycles. The van der Waals surface area contributed by atoms with Gasteiger partial charge in [0.15, 0.2) is 5.82 Å². The van der Waals surface area contributed by atoms with Crippen LogP contribution in [0.4, 0.5) is 11.5 Å². The Labute approximate surface area is 141 Å². The molecule has 1 aromatic heterocycles. The van der Waals surface area contributed by atoms with Gasteiger partial charge in [-0.1, -0.05) is 36.4 Å². The number of nitrogens with two attached hydrogens (primary N) is 1. The van der Waals surface area contributed by atoms with Gasteiger partial charge >= 0.3 is 0 Å². The molecule has 0 aliphatic rings. The second-order valence-electron chi connectivity index (χ2n) is 5.63. The lowest BCUT2D eigenvalue weighted by molar-refractivity contribution is 0.464. The van der Waals surface area contributed by atoms with Crippen LogP contribution in [0.3, 0.4) is 0 Å². The number of aryl methyl sites for hydroxylation is 2. The normalized spacial score (nSPS) is 10.4. The molecule has 2 aromatic carbocycles. The minimum absolute atomic E-state index is 0.351. The number of nitrogens with one attached hydrogen (secondary N) is 1. The van der Waals surface area contributed by atoms with Gasteiger partial charge in [-0.3, -0.25) is 0 Å². The number of nitrogens with zero attached hydrogens (tertiary/aromatic N) is 2. The maximum atomic E-state index is 6.15. The molecule has 3 N–H and O–H groups in total. The van der Waals surface area contributed by atoms with Gasteiger partial charge < -0.3 is 15.8 Å². The van der Waals surface area contributed by atoms with Crippen molar-refractivity contribution in [3.8, 4) is 11.6 Å². The van der Waals surface area contributed by atoms with Crippen LogP contribution >= 0.6 is 0 Å². The van der Waals surface area contributed by atoms with Crippen molar-refractivity contribution >= 4 is 11.5 Å². The predicted molar refractivity (Wildman–Crippen MR) is 96.2 cm³/mol. The van der Waals surface area contributed by atoms with Crippen LogP contribution in [0, 0.1) is 13.8 Å². The summed E-state index contributed by atoms with van der Waals surface area (Å²) in [5.74, 6) is 1.62. The van der Waals surface area contributed by atoms with Gasteiger partial charge in [0.05, 0.1) is 0 Å². The van der Waals surface area contributed by atoms with E-state index in [1.807, 2.05) is 55.5 Å². The lowest BCUT2D eigenvalue weighted by Gasteiger charge is -2.12. The zero-order valence-electron chi connectivity index (χ0n) is 13.8. The molecule has 0 atom stereocenters. The van der Waals surface area contributed by atoms with Crippen molar-refractivity contribution in [3.63, 3.8) is 0 Å². The largest absolute Gasteiger partial charge is 0.437 e. The van der Waals surface area contributed by atoms with Crippen LogP contribution in [-0.2, 0) is 6.54 Å². The van der Waals surface area contributed by atoms with Crippen LogP contribution in [0.2, 0.25) is 0 Å². The summed E-state index contributed by atoms with van der Waals surface area (Å²) in [6.45, 7) is 4.73. The number of nitrogen functional groups attached to an aromatic ring is 1. The molecule has 3 aromatic rings. The Balaban J connectivity index is 1.76. The Morgan fingerprint density at radius 2 is 1.79 bits per heavy atom. The van der Waals surface area contributed by atoms with E-state index in [0.717, 1.165) is 11.1 Å². The average Bonchev–Trinajstić information content (AvgIpc) is 2.60. The van der Waals surface area contributed by atoms with Crippen LogP contribution in [0.15, 0.2) is 54.9 Å². The molecule has 0 aliphatic heterocycles. The topological polar surface area (TPSA) is 73.1 Å². The van der Waals surface area contributed by atoms with Crippen molar-refractivity contribution in [2.75, 3.05) is 11.1 Å². The minimum atomic E-state index is 0.351. The van der Waals surface area contributed by atoms with E-state index in [9.17, 15) is 0 Å². The van der Waals surface area contributed by atoms with Crippen LogP contribution in [0.25, 0.3) is 0 Å². The van der Waals surface area contributed by atoms with Crippen molar-refractivity contribution in [3.05, 3.63) is 71.5 Å². The van der Waals surface area contributed by atoms with Gasteiger partial charge in [0.2, 0.25) is 5.88 Å². The highest BCUT2D eigenvalue weighted by Crippen LogP contribution is 2.30. The summed E-state index contributed by atoms with van der Waals surface area (Å²) in [5, 5.41) is 3.22. The highest BCUT2D eigenvalue weighted by Gasteiger charge is 2.10. The monoisotopic (exact) mass is 320 g/mol. The van der Waals surface area contributed by atoms with E-state index in [0.29, 0.717) is 29.7 Å². The standard InChI is InChI=1S/C19H20N4O/c1-13-8-9-16(10-14(13)2)24-19-17(20)18(22-12-23-19)21-11-15-6-4-3-5-7-15/h3-10,12H,11,20H2,1-2H3,(H,21,22,23). The third kappa shape index (κ3) is 3.63. The molecular weight excluding hydrogens is 300 g/mol. The summed E-state index contributed by atoms with van der Waals surface area (Å²) in [4.78, 5) is 8.34. The third-order valence-electron chi connectivity index (χ3n) is 3.84. The molecule has 5 heteroatoms. The number of rotatable bonds is 5. The number of hydrogen-bond acceptors (Lipinski definition) is 5. The maximum Gasteiger partial charge on any atom is 0.248 e. The van der Waals surface area contributed by atoms with Gasteiger partial charge in [0, 0.05) is 6.54 Å². The Kier molecular flexibility index (Phi) is 4.61. The SMILES string of the molecule is Cc1ccc(Oc2ncnc(NCc3ccccc3)c2N)cc1C. The molecule has 3 rings (SSSR count). The van der Waals surface area contributed by atoms with Crippen LogP contribution < -0.4 is 15.8 Å². The highest BCUT2D eigenvalue weighted by atomic mass is 16.5. The molecule has 0 amide bonds. The molecule has 5 nitrogen and oxygen atoms in total. The lowest BCUT2D eigenvalue weighted by Crippen LogP contribution is -2.06. The van der Waals surface area contributed by atoms with E-state index in [1.165, 1.54) is 11.9 Å². The van der Waals surface area contributed by atoms with Crippen LogP contribution in [0.5, 0.6) is 11.6 Å². The van der Waals surface area contributed by atoms with Crippen LogP contribution in [-0.4, -0.2) is 9.97 Å². The number of ether oxygens (including phenoxy) is 1. The first-order valence-corrected chi connectivity index (χ1v) is 7.77. The molecule has 0 bridgehead atoms. The first kappa shape index (κ1) is 15.8. The summed E-state index contributed by atoms with van der Waals surface area (Å²) in [6, 6.07) is 15.9. The zero-order valence-corrected chi connectivity index (χ0v) is 13.8. The van der Waals surface area contributed by atoms with Gasteiger partial charge in [-0.25, -0.2) is 4.98 Å². The molecule has 1 heterocycles. The number of benzene rings is 2. The minimum Gasteiger partial charge on any atom is -0.437 e. The molecule has 0 spiro atoms. The van der Waals surface area contributed by atoms with E-state index in [-0.39, 0.29) is 0 Å². The number of anilines is 2. The van der Waals surface area contributed by atoms with E-state index in [2.05, 4.69) is 22.2 Å². The maximum absolute atomic E-state index is 6.15. The summed E-state index contributed by atoms with van der Waals surface area (Å²) in [6.07, 6.45) is 1.44. The molecule has 0 fully saturated rings. The van der Waals surface area contributed by atoms with Crippen molar-refractivity contribution in [1.29, 1.82) is 0 Å². The molecule has 0 saturated heterocycles. The molecule has 24 heavy (non-hydrogen) atoms. The van der Waals surface area contributed by atoms with E-state index < -0.39 is 0 Å². The van der Waals surface area contributed by atoms with Crippen LogP contribution in [0.1, 0.15) is 16.7 Å². The summed E-state index contributed by atoms with van der Waals surface area (Å²) in [7, 11) is 0. The second-order valence-corrected chi connectivity index (χ2v) is 5.63. The lowest BCUT2D eigenvalue weighted by atomic mass is 10.1. The van der Waals surface area contributed by atoms with Gasteiger partial charge in [0.25, 0.3) is 0 Å². The fourth-order valence-corrected chi connectivity index (χ4v) is 2.27. The van der Waals surface area contributed by atoms with Gasteiger partial charge in [0.1, 0.15) is 17.8 Å². The molecular formula is C19H20N4O. The second kappa shape index (κ2) is 7.00. The molecule has 0 unspecified atom stereocenters. The molecule has 0 saturated carbocycles. The third-order valence-corrected chi connectivity index (χ3v) is 3.84. The number of aromatic nitrogens is 2. The van der Waals surface area contributed by atoms with Crippen molar-refractivity contribution in [2.45, 2.75) is 20.4 Å². The summed E-state index contributed by atoms with van der Waals surface area (Å²) < 4.78 is 5.82. The van der Waals surface area contributed by atoms with Crippen molar-refractivity contribution < 1.29 is 4.74 Å². The van der Waals surface area contributed by atoms with Gasteiger partial charge in [-0.15, -0.1) is 0 Å². The van der Waals surface area contributed by atoms with Gasteiger partial charge in [-0.05, 0) is 42.7 Å². The van der Waals surface area contributed by atoms with Crippen molar-refractivity contribution in [1.82, 2.24) is 9.97 Å². The quantitative estimate of drug-likeness (QED) is 0.741. The number of hydrogen-bond donors (Lipinski definition) is 2. The van der Waals surface area contributed by atoms with E-state index in [4.69, 9.17) is 10.5 Å². The smallest absolute Gasteiger partial charge is 0.248 e. The summed E-state index contributed by atoms with van der Waals surface area (Å²) in [5.41, 5.74) is 10.1. The molecule has 122 valence electrons. The Morgan fingerprint density at radius 1 is 1.00 bits per heavy atom. The van der Waals surface area contributed by atoms with Gasteiger partial charge in [-0.2, -0.15) is 4.98 Å². The molecule has 0 radical (unpaired) electrons. The fourth-order valence-electron chi connectivity index (χ4n) is 2.27. The Hall–Kier alpha value is -3.08.